The lowest BCUT2D eigenvalue weighted by molar-refractivity contribution is 0.185. The Labute approximate surface area is 86.3 Å². The predicted octanol–water partition coefficient (Wildman–Crippen LogP) is 2.33. The molecule has 0 aromatic heterocycles. The molecule has 0 aliphatic carbocycles. The molecule has 0 fully saturated rings. The van der Waals surface area contributed by atoms with Gasteiger partial charge in [-0.05, 0) is 24.1 Å². The average molecular weight is 193 g/mol. The molecular formula is C12H19NO. The smallest absolute Gasteiger partial charge is 0.0713 e. The van der Waals surface area contributed by atoms with Crippen LogP contribution in [0.5, 0.6) is 0 Å². The lowest BCUT2D eigenvalue weighted by Gasteiger charge is -2.04. The summed E-state index contributed by atoms with van der Waals surface area (Å²) in [5.41, 5.74) is 2.56. The molecule has 0 atom stereocenters. The van der Waals surface area contributed by atoms with Crippen LogP contribution in [0.4, 0.5) is 0 Å². The van der Waals surface area contributed by atoms with Gasteiger partial charge in [0.1, 0.15) is 0 Å². The van der Waals surface area contributed by atoms with Crippen molar-refractivity contribution < 1.29 is 4.74 Å². The lowest BCUT2D eigenvalue weighted by Crippen LogP contribution is -2.13. The fourth-order valence-electron chi connectivity index (χ4n) is 1.33. The fraction of sp³-hybridized carbons (Fsp3) is 0.500. The van der Waals surface area contributed by atoms with Crippen LogP contribution in [0.15, 0.2) is 24.3 Å². The van der Waals surface area contributed by atoms with Gasteiger partial charge in [0.2, 0.25) is 0 Å². The van der Waals surface area contributed by atoms with Crippen LogP contribution >= 0.6 is 0 Å². The van der Waals surface area contributed by atoms with E-state index in [9.17, 15) is 0 Å². The molecule has 1 aromatic rings. The first-order valence-corrected chi connectivity index (χ1v) is 5.14. The molecule has 0 bridgehead atoms. The molecule has 1 aromatic carbocycles. The SMILES string of the molecule is CCCNCc1ccc(COC)cc1. The zero-order valence-electron chi connectivity index (χ0n) is 9.05. The van der Waals surface area contributed by atoms with Gasteiger partial charge in [-0.15, -0.1) is 0 Å². The quantitative estimate of drug-likeness (QED) is 0.700. The third-order valence-electron chi connectivity index (χ3n) is 2.09. The molecule has 0 aliphatic heterocycles. The third-order valence-corrected chi connectivity index (χ3v) is 2.09. The number of ether oxygens (including phenoxy) is 1. The van der Waals surface area contributed by atoms with Crippen LogP contribution in [0, 0.1) is 0 Å². The van der Waals surface area contributed by atoms with E-state index in [1.807, 2.05) is 0 Å². The maximum Gasteiger partial charge on any atom is 0.0713 e. The van der Waals surface area contributed by atoms with Gasteiger partial charge in [0.05, 0.1) is 6.61 Å². The summed E-state index contributed by atoms with van der Waals surface area (Å²) in [7, 11) is 1.72. The van der Waals surface area contributed by atoms with E-state index < -0.39 is 0 Å². The Morgan fingerprint density at radius 2 is 1.79 bits per heavy atom. The molecule has 0 saturated carbocycles. The molecule has 0 heterocycles. The van der Waals surface area contributed by atoms with Crippen molar-refractivity contribution in [3.8, 4) is 0 Å². The Morgan fingerprint density at radius 3 is 2.36 bits per heavy atom. The summed E-state index contributed by atoms with van der Waals surface area (Å²) in [5.74, 6) is 0. The van der Waals surface area contributed by atoms with Crippen molar-refractivity contribution in [3.63, 3.8) is 0 Å². The van der Waals surface area contributed by atoms with Gasteiger partial charge in [-0.1, -0.05) is 31.2 Å². The summed E-state index contributed by atoms with van der Waals surface area (Å²) in [6, 6.07) is 8.53. The standard InChI is InChI=1S/C12H19NO/c1-3-8-13-9-11-4-6-12(7-5-11)10-14-2/h4-7,13H,3,8-10H2,1-2H3. The molecule has 2 nitrogen and oxygen atoms in total. The Hall–Kier alpha value is -0.860. The number of benzene rings is 1. The highest BCUT2D eigenvalue weighted by molar-refractivity contribution is 5.21. The Balaban J connectivity index is 2.38. The van der Waals surface area contributed by atoms with E-state index in [4.69, 9.17) is 4.74 Å². The third kappa shape index (κ3) is 3.90. The molecular weight excluding hydrogens is 174 g/mol. The van der Waals surface area contributed by atoms with Crippen molar-refractivity contribution >= 4 is 0 Å². The highest BCUT2D eigenvalue weighted by atomic mass is 16.5. The van der Waals surface area contributed by atoms with Gasteiger partial charge in [0, 0.05) is 13.7 Å². The first-order valence-electron chi connectivity index (χ1n) is 5.14. The highest BCUT2D eigenvalue weighted by Crippen LogP contribution is 2.05. The number of methoxy groups -OCH3 is 1. The second-order valence-corrected chi connectivity index (χ2v) is 3.43. The van der Waals surface area contributed by atoms with Crippen LogP contribution in [0.1, 0.15) is 24.5 Å². The molecule has 0 spiro atoms. The molecule has 1 N–H and O–H groups in total. The van der Waals surface area contributed by atoms with E-state index in [0.717, 1.165) is 13.1 Å². The van der Waals surface area contributed by atoms with E-state index in [2.05, 4.69) is 36.5 Å². The number of rotatable bonds is 6. The number of hydrogen-bond donors (Lipinski definition) is 1. The van der Waals surface area contributed by atoms with E-state index in [1.54, 1.807) is 7.11 Å². The minimum absolute atomic E-state index is 0.697. The maximum atomic E-state index is 5.05. The number of nitrogens with one attached hydrogen (secondary N) is 1. The van der Waals surface area contributed by atoms with Gasteiger partial charge < -0.3 is 10.1 Å². The topological polar surface area (TPSA) is 21.3 Å². The molecule has 0 unspecified atom stereocenters. The Bertz CT molecular complexity index is 243. The van der Waals surface area contributed by atoms with E-state index in [1.165, 1.54) is 17.5 Å². The zero-order valence-corrected chi connectivity index (χ0v) is 9.05. The summed E-state index contributed by atoms with van der Waals surface area (Å²) >= 11 is 0. The molecule has 0 saturated heterocycles. The summed E-state index contributed by atoms with van der Waals surface area (Å²) in [6.07, 6.45) is 1.18. The largest absolute Gasteiger partial charge is 0.380 e. The van der Waals surface area contributed by atoms with Crippen LogP contribution in [0.25, 0.3) is 0 Å². The summed E-state index contributed by atoms with van der Waals surface area (Å²) in [6.45, 7) is 4.91. The van der Waals surface area contributed by atoms with Gasteiger partial charge in [0.25, 0.3) is 0 Å². The van der Waals surface area contributed by atoms with Crippen molar-refractivity contribution in [2.45, 2.75) is 26.5 Å². The van der Waals surface area contributed by atoms with Crippen LogP contribution in [-0.2, 0) is 17.9 Å². The monoisotopic (exact) mass is 193 g/mol. The minimum Gasteiger partial charge on any atom is -0.380 e. The van der Waals surface area contributed by atoms with E-state index in [0.29, 0.717) is 6.61 Å². The minimum atomic E-state index is 0.697. The molecule has 1 rings (SSSR count). The normalized spacial score (nSPS) is 10.4. The van der Waals surface area contributed by atoms with Crippen LogP contribution in [0.2, 0.25) is 0 Å². The molecule has 0 radical (unpaired) electrons. The second-order valence-electron chi connectivity index (χ2n) is 3.43. The van der Waals surface area contributed by atoms with Crippen molar-refractivity contribution in [3.05, 3.63) is 35.4 Å². The average Bonchev–Trinajstić information content (AvgIpc) is 2.21. The Morgan fingerprint density at radius 1 is 1.14 bits per heavy atom. The van der Waals surface area contributed by atoms with Crippen LogP contribution < -0.4 is 5.32 Å². The first-order chi connectivity index (χ1) is 6.86. The van der Waals surface area contributed by atoms with Crippen molar-refractivity contribution in [2.24, 2.45) is 0 Å². The molecule has 0 amide bonds. The molecule has 0 aliphatic rings. The predicted molar refractivity (Wildman–Crippen MR) is 59.2 cm³/mol. The first kappa shape index (κ1) is 11.2. The van der Waals surface area contributed by atoms with Gasteiger partial charge >= 0.3 is 0 Å². The zero-order chi connectivity index (χ0) is 10.2. The van der Waals surface area contributed by atoms with Crippen molar-refractivity contribution in [2.75, 3.05) is 13.7 Å². The second kappa shape index (κ2) is 6.57. The lowest BCUT2D eigenvalue weighted by atomic mass is 10.1. The van der Waals surface area contributed by atoms with Crippen LogP contribution in [0.3, 0.4) is 0 Å². The summed E-state index contributed by atoms with van der Waals surface area (Å²) < 4.78 is 5.05. The van der Waals surface area contributed by atoms with Crippen molar-refractivity contribution in [1.29, 1.82) is 0 Å². The van der Waals surface area contributed by atoms with Crippen LogP contribution in [-0.4, -0.2) is 13.7 Å². The van der Waals surface area contributed by atoms with Gasteiger partial charge in [0.15, 0.2) is 0 Å². The van der Waals surface area contributed by atoms with Gasteiger partial charge in [-0.2, -0.15) is 0 Å². The summed E-state index contributed by atoms with van der Waals surface area (Å²) in [5, 5.41) is 3.37. The van der Waals surface area contributed by atoms with E-state index in [-0.39, 0.29) is 0 Å². The number of hydrogen-bond acceptors (Lipinski definition) is 2. The molecule has 2 heteroatoms. The van der Waals surface area contributed by atoms with Crippen molar-refractivity contribution in [1.82, 2.24) is 5.32 Å². The highest BCUT2D eigenvalue weighted by Gasteiger charge is 1.93. The molecule has 78 valence electrons. The van der Waals surface area contributed by atoms with Gasteiger partial charge in [-0.3, -0.25) is 0 Å². The molecule has 14 heavy (non-hydrogen) atoms. The Kier molecular flexibility index (Phi) is 5.27. The summed E-state index contributed by atoms with van der Waals surface area (Å²) in [4.78, 5) is 0. The fourth-order valence-corrected chi connectivity index (χ4v) is 1.33. The van der Waals surface area contributed by atoms with E-state index >= 15 is 0 Å². The van der Waals surface area contributed by atoms with Gasteiger partial charge in [-0.25, -0.2) is 0 Å². The maximum absolute atomic E-state index is 5.05.